The van der Waals surface area contributed by atoms with Crippen LogP contribution in [0.4, 0.5) is 10.1 Å². The van der Waals surface area contributed by atoms with Gasteiger partial charge >= 0.3 is 0 Å². The summed E-state index contributed by atoms with van der Waals surface area (Å²) in [6.07, 6.45) is 5.32. The van der Waals surface area contributed by atoms with Crippen LogP contribution in [0.15, 0.2) is 48.6 Å². The quantitative estimate of drug-likeness (QED) is 0.635. The van der Waals surface area contributed by atoms with Gasteiger partial charge < -0.3 is 5.32 Å². The van der Waals surface area contributed by atoms with Crippen molar-refractivity contribution in [3.63, 3.8) is 0 Å². The van der Waals surface area contributed by atoms with E-state index in [0.717, 1.165) is 28.3 Å². The molecule has 0 unspecified atom stereocenters. The van der Waals surface area contributed by atoms with Crippen LogP contribution in [0.25, 0.3) is 0 Å². The fourth-order valence-electron chi connectivity index (χ4n) is 3.66. The molecular formula is C18H14Cl2FN. The zero-order valence-electron chi connectivity index (χ0n) is 11.7. The lowest BCUT2D eigenvalue weighted by Gasteiger charge is -2.38. The van der Waals surface area contributed by atoms with E-state index in [1.807, 2.05) is 12.1 Å². The van der Waals surface area contributed by atoms with Crippen LogP contribution in [0, 0.1) is 11.7 Å². The number of fused-ring (bicyclic) bond motifs is 3. The first-order valence-electron chi connectivity index (χ1n) is 7.31. The summed E-state index contributed by atoms with van der Waals surface area (Å²) in [7, 11) is 0. The normalized spacial score (nSPS) is 25.5. The number of halogens is 3. The highest BCUT2D eigenvalue weighted by atomic mass is 35.5. The molecule has 0 saturated heterocycles. The van der Waals surface area contributed by atoms with Crippen LogP contribution < -0.4 is 5.32 Å². The molecular weight excluding hydrogens is 320 g/mol. The van der Waals surface area contributed by atoms with Gasteiger partial charge in [0, 0.05) is 16.5 Å². The van der Waals surface area contributed by atoms with Crippen LogP contribution in [-0.4, -0.2) is 0 Å². The second kappa shape index (κ2) is 5.29. The van der Waals surface area contributed by atoms with Crippen molar-refractivity contribution >= 4 is 28.9 Å². The molecule has 1 aliphatic heterocycles. The minimum atomic E-state index is -0.218. The second-order valence-corrected chi connectivity index (χ2v) is 6.66. The minimum Gasteiger partial charge on any atom is -0.376 e. The van der Waals surface area contributed by atoms with Crippen molar-refractivity contribution in [1.29, 1.82) is 0 Å². The molecule has 1 aliphatic carbocycles. The third-order valence-electron chi connectivity index (χ3n) is 4.62. The van der Waals surface area contributed by atoms with E-state index < -0.39 is 0 Å². The summed E-state index contributed by atoms with van der Waals surface area (Å²) in [6, 6.07) is 10.4. The van der Waals surface area contributed by atoms with E-state index in [9.17, 15) is 4.39 Å². The van der Waals surface area contributed by atoms with E-state index in [4.69, 9.17) is 23.2 Å². The number of anilines is 1. The Morgan fingerprint density at radius 2 is 1.91 bits per heavy atom. The van der Waals surface area contributed by atoms with Crippen LogP contribution in [-0.2, 0) is 0 Å². The van der Waals surface area contributed by atoms with Crippen LogP contribution in [0.3, 0.4) is 0 Å². The number of hydrogen-bond acceptors (Lipinski definition) is 1. The maximum atomic E-state index is 13.6. The van der Waals surface area contributed by atoms with Crippen LogP contribution >= 0.6 is 23.2 Å². The Hall–Kier alpha value is -1.51. The Labute approximate surface area is 138 Å². The molecule has 1 nitrogen and oxygen atoms in total. The van der Waals surface area contributed by atoms with Crippen molar-refractivity contribution in [2.75, 3.05) is 5.32 Å². The summed E-state index contributed by atoms with van der Waals surface area (Å²) < 4.78 is 13.6. The Balaban J connectivity index is 1.86. The van der Waals surface area contributed by atoms with Crippen molar-refractivity contribution in [2.45, 2.75) is 18.4 Å². The Bertz CT molecular complexity index is 772. The Morgan fingerprint density at radius 1 is 1.09 bits per heavy atom. The Kier molecular flexibility index (Phi) is 3.39. The standard InChI is InChI=1S/C18H14Cl2FN/c19-14-7-8-15(20)18-16(14)12-5-2-6-13(12)17(22-18)10-3-1-4-11(21)9-10/h1-5,7-9,12-13,17,22H,6H2/t12-,13+,17-/m0/s1. The van der Waals surface area contributed by atoms with E-state index >= 15 is 0 Å². The fourth-order valence-corrected chi connectivity index (χ4v) is 4.16. The van der Waals surface area contributed by atoms with E-state index in [1.54, 1.807) is 18.2 Å². The number of hydrogen-bond donors (Lipinski definition) is 1. The van der Waals surface area contributed by atoms with Gasteiger partial charge in [0.25, 0.3) is 0 Å². The van der Waals surface area contributed by atoms with Crippen molar-refractivity contribution in [1.82, 2.24) is 0 Å². The van der Waals surface area contributed by atoms with Gasteiger partial charge in [-0.15, -0.1) is 0 Å². The van der Waals surface area contributed by atoms with E-state index in [0.29, 0.717) is 10.9 Å². The molecule has 0 aromatic heterocycles. The molecule has 2 aromatic carbocycles. The lowest BCUT2D eigenvalue weighted by atomic mass is 9.77. The first-order valence-corrected chi connectivity index (χ1v) is 8.07. The fraction of sp³-hybridized carbons (Fsp3) is 0.222. The van der Waals surface area contributed by atoms with Crippen molar-refractivity contribution < 1.29 is 4.39 Å². The van der Waals surface area contributed by atoms with Crippen LogP contribution in [0.5, 0.6) is 0 Å². The highest BCUT2D eigenvalue weighted by Crippen LogP contribution is 2.53. The number of rotatable bonds is 1. The van der Waals surface area contributed by atoms with Crippen LogP contribution in [0.1, 0.15) is 29.5 Å². The molecule has 3 atom stereocenters. The maximum Gasteiger partial charge on any atom is 0.123 e. The number of benzene rings is 2. The molecule has 0 spiro atoms. The zero-order valence-corrected chi connectivity index (χ0v) is 13.2. The molecule has 4 rings (SSSR count). The number of allylic oxidation sites excluding steroid dienone is 2. The molecule has 0 amide bonds. The Morgan fingerprint density at radius 3 is 2.73 bits per heavy atom. The largest absolute Gasteiger partial charge is 0.376 e. The van der Waals surface area contributed by atoms with Gasteiger partial charge in [-0.25, -0.2) is 4.39 Å². The highest BCUT2D eigenvalue weighted by Gasteiger charge is 2.39. The number of nitrogens with one attached hydrogen (secondary N) is 1. The van der Waals surface area contributed by atoms with Gasteiger partial charge in [-0.1, -0.05) is 47.5 Å². The van der Waals surface area contributed by atoms with Gasteiger partial charge in [-0.3, -0.25) is 0 Å². The maximum absolute atomic E-state index is 13.6. The third-order valence-corrected chi connectivity index (χ3v) is 5.27. The van der Waals surface area contributed by atoms with Crippen molar-refractivity contribution in [3.8, 4) is 0 Å². The van der Waals surface area contributed by atoms with Crippen molar-refractivity contribution in [2.24, 2.45) is 5.92 Å². The highest BCUT2D eigenvalue weighted by molar-refractivity contribution is 6.36. The lowest BCUT2D eigenvalue weighted by molar-refractivity contribution is 0.424. The molecule has 2 aliphatic rings. The molecule has 112 valence electrons. The molecule has 22 heavy (non-hydrogen) atoms. The van der Waals surface area contributed by atoms with Gasteiger partial charge in [-0.2, -0.15) is 0 Å². The van der Waals surface area contributed by atoms with Gasteiger partial charge in [-0.05, 0) is 42.2 Å². The van der Waals surface area contributed by atoms with Gasteiger partial charge in [0.2, 0.25) is 0 Å². The summed E-state index contributed by atoms with van der Waals surface area (Å²) in [6.45, 7) is 0. The minimum absolute atomic E-state index is 0.0270. The molecule has 0 radical (unpaired) electrons. The summed E-state index contributed by atoms with van der Waals surface area (Å²) in [5.74, 6) is 0.325. The monoisotopic (exact) mass is 333 g/mol. The van der Waals surface area contributed by atoms with Gasteiger partial charge in [0.05, 0.1) is 16.8 Å². The molecule has 0 fully saturated rings. The average Bonchev–Trinajstić information content (AvgIpc) is 2.99. The molecule has 0 bridgehead atoms. The molecule has 1 N–H and O–H groups in total. The molecule has 0 saturated carbocycles. The van der Waals surface area contributed by atoms with E-state index in [2.05, 4.69) is 17.5 Å². The lowest BCUT2D eigenvalue weighted by Crippen LogP contribution is -2.29. The van der Waals surface area contributed by atoms with Gasteiger partial charge in [0.15, 0.2) is 0 Å². The first kappa shape index (κ1) is 14.1. The zero-order chi connectivity index (χ0) is 15.3. The summed E-state index contributed by atoms with van der Waals surface area (Å²) in [4.78, 5) is 0. The first-order chi connectivity index (χ1) is 10.6. The van der Waals surface area contributed by atoms with E-state index in [1.165, 1.54) is 6.07 Å². The third kappa shape index (κ3) is 2.13. The molecule has 2 aromatic rings. The van der Waals surface area contributed by atoms with Crippen molar-refractivity contribution in [3.05, 3.63) is 75.5 Å². The van der Waals surface area contributed by atoms with E-state index in [-0.39, 0.29) is 17.8 Å². The SMILES string of the molecule is Fc1cccc([C@@H]2Nc3c(Cl)ccc(Cl)c3[C@H]3C=CC[C@H]32)c1. The average molecular weight is 334 g/mol. The predicted octanol–water partition coefficient (Wildman–Crippen LogP) is 5.96. The summed E-state index contributed by atoms with van der Waals surface area (Å²) in [5.41, 5.74) is 2.87. The smallest absolute Gasteiger partial charge is 0.123 e. The summed E-state index contributed by atoms with van der Waals surface area (Å²) in [5, 5.41) is 4.88. The molecule has 4 heteroatoms. The second-order valence-electron chi connectivity index (χ2n) is 5.85. The molecule has 1 heterocycles. The summed E-state index contributed by atoms with van der Waals surface area (Å²) >= 11 is 12.8. The topological polar surface area (TPSA) is 12.0 Å². The van der Waals surface area contributed by atoms with Crippen LogP contribution in [0.2, 0.25) is 10.0 Å². The predicted molar refractivity (Wildman–Crippen MR) is 89.2 cm³/mol. The van der Waals surface area contributed by atoms with Gasteiger partial charge in [0.1, 0.15) is 5.82 Å².